The fourth-order valence-electron chi connectivity index (χ4n) is 2.22. The maximum absolute atomic E-state index is 11.8. The van der Waals surface area contributed by atoms with Gasteiger partial charge in [-0.15, -0.1) is 0 Å². The maximum Gasteiger partial charge on any atom is 0.303 e. The molecular weight excluding hydrogens is 220 g/mol. The summed E-state index contributed by atoms with van der Waals surface area (Å²) >= 11 is 0. The lowest BCUT2D eigenvalue weighted by Crippen LogP contribution is -2.37. The van der Waals surface area contributed by atoms with Crippen LogP contribution in [-0.2, 0) is 14.3 Å². The van der Waals surface area contributed by atoms with Crippen molar-refractivity contribution in [2.45, 2.75) is 52.1 Å². The van der Waals surface area contributed by atoms with Gasteiger partial charge in [-0.1, -0.05) is 13.8 Å². The Bertz CT molecular complexity index is 273. The molecule has 1 aliphatic carbocycles. The number of Topliss-reactive ketones (excluding diaryl/α,β-unsaturated/α-hetero) is 1. The summed E-state index contributed by atoms with van der Waals surface area (Å²) in [6.07, 6.45) is 2.65. The number of carboxylic acids is 1. The van der Waals surface area contributed by atoms with Crippen LogP contribution >= 0.6 is 0 Å². The lowest BCUT2D eigenvalue weighted by atomic mass is 9.82. The highest BCUT2D eigenvalue weighted by Crippen LogP contribution is 2.28. The Balaban J connectivity index is 2.50. The van der Waals surface area contributed by atoms with Crippen LogP contribution in [0.25, 0.3) is 0 Å². The Morgan fingerprint density at radius 3 is 2.82 bits per heavy atom. The van der Waals surface area contributed by atoms with Crippen molar-refractivity contribution in [1.82, 2.24) is 0 Å². The maximum atomic E-state index is 11.8. The van der Waals surface area contributed by atoms with Gasteiger partial charge in [0, 0.05) is 19.4 Å². The quantitative estimate of drug-likeness (QED) is 0.776. The highest BCUT2D eigenvalue weighted by molar-refractivity contribution is 5.84. The summed E-state index contributed by atoms with van der Waals surface area (Å²) in [6, 6.07) is 0. The van der Waals surface area contributed by atoms with E-state index in [0.29, 0.717) is 25.4 Å². The molecule has 0 aromatic rings. The monoisotopic (exact) mass is 242 g/mol. The summed E-state index contributed by atoms with van der Waals surface area (Å²) in [5.74, 6) is -0.172. The SMILES string of the molecule is CC(C)CO[C@H]1C(=O)CCC[C@H]1CCC(=O)O. The van der Waals surface area contributed by atoms with Crippen molar-refractivity contribution in [3.63, 3.8) is 0 Å². The minimum absolute atomic E-state index is 0.0890. The van der Waals surface area contributed by atoms with Crippen molar-refractivity contribution in [3.8, 4) is 0 Å². The third-order valence-electron chi connectivity index (χ3n) is 3.08. The molecule has 2 atom stereocenters. The first kappa shape index (κ1) is 14.2. The van der Waals surface area contributed by atoms with E-state index in [0.717, 1.165) is 12.8 Å². The van der Waals surface area contributed by atoms with Crippen LogP contribution < -0.4 is 0 Å². The zero-order chi connectivity index (χ0) is 12.8. The second-order valence-corrected chi connectivity index (χ2v) is 5.20. The van der Waals surface area contributed by atoms with Crippen molar-refractivity contribution in [3.05, 3.63) is 0 Å². The van der Waals surface area contributed by atoms with Crippen LogP contribution in [0.15, 0.2) is 0 Å². The number of ether oxygens (including phenoxy) is 1. The van der Waals surface area contributed by atoms with Gasteiger partial charge in [0.1, 0.15) is 6.10 Å². The van der Waals surface area contributed by atoms with Gasteiger partial charge in [0.15, 0.2) is 5.78 Å². The Kier molecular flexibility index (Phi) is 5.62. The van der Waals surface area contributed by atoms with Gasteiger partial charge in [0.2, 0.25) is 0 Å². The van der Waals surface area contributed by atoms with Gasteiger partial charge in [-0.25, -0.2) is 0 Å². The summed E-state index contributed by atoms with van der Waals surface area (Å²) in [4.78, 5) is 22.4. The number of rotatable bonds is 6. The summed E-state index contributed by atoms with van der Waals surface area (Å²) < 4.78 is 5.66. The number of carbonyl (C=O) groups is 2. The first-order valence-electron chi connectivity index (χ1n) is 6.36. The highest BCUT2D eigenvalue weighted by atomic mass is 16.5. The standard InChI is InChI=1S/C13H22O4/c1-9(2)8-17-13-10(6-7-12(15)16)4-3-5-11(13)14/h9-10,13H,3-8H2,1-2H3,(H,15,16)/t10-,13+/m0/s1. The molecule has 4 nitrogen and oxygen atoms in total. The molecule has 98 valence electrons. The van der Waals surface area contributed by atoms with Crippen molar-refractivity contribution < 1.29 is 19.4 Å². The molecule has 4 heteroatoms. The third-order valence-corrected chi connectivity index (χ3v) is 3.08. The van der Waals surface area contributed by atoms with Gasteiger partial charge in [-0.2, -0.15) is 0 Å². The number of hydrogen-bond acceptors (Lipinski definition) is 3. The molecule has 0 amide bonds. The molecule has 0 saturated heterocycles. The molecule has 1 aliphatic rings. The molecule has 0 bridgehead atoms. The second kappa shape index (κ2) is 6.74. The van der Waals surface area contributed by atoms with Crippen molar-refractivity contribution in [2.24, 2.45) is 11.8 Å². The number of carbonyl (C=O) groups excluding carboxylic acids is 1. The predicted octanol–water partition coefficient (Wildman–Crippen LogP) is 2.26. The third kappa shape index (κ3) is 4.86. The van der Waals surface area contributed by atoms with E-state index in [1.807, 2.05) is 13.8 Å². The van der Waals surface area contributed by atoms with Crippen LogP contribution in [0.1, 0.15) is 46.0 Å². The molecule has 0 aromatic heterocycles. The van der Waals surface area contributed by atoms with E-state index in [1.54, 1.807) is 0 Å². The highest BCUT2D eigenvalue weighted by Gasteiger charge is 2.32. The summed E-state index contributed by atoms with van der Waals surface area (Å²) in [6.45, 7) is 4.65. The smallest absolute Gasteiger partial charge is 0.303 e. The molecule has 17 heavy (non-hydrogen) atoms. The normalized spacial score (nSPS) is 25.2. The molecule has 1 rings (SSSR count). The van der Waals surface area contributed by atoms with Gasteiger partial charge in [0.25, 0.3) is 0 Å². The average Bonchev–Trinajstić information content (AvgIpc) is 2.24. The lowest BCUT2D eigenvalue weighted by molar-refractivity contribution is -0.142. The van der Waals surface area contributed by atoms with E-state index < -0.39 is 5.97 Å². The van der Waals surface area contributed by atoms with E-state index in [2.05, 4.69) is 0 Å². The Morgan fingerprint density at radius 2 is 2.24 bits per heavy atom. The Morgan fingerprint density at radius 1 is 1.53 bits per heavy atom. The lowest BCUT2D eigenvalue weighted by Gasteiger charge is -2.30. The van der Waals surface area contributed by atoms with E-state index in [-0.39, 0.29) is 24.2 Å². The van der Waals surface area contributed by atoms with Gasteiger partial charge in [0.05, 0.1) is 0 Å². The van der Waals surface area contributed by atoms with E-state index in [9.17, 15) is 9.59 Å². The molecule has 0 unspecified atom stereocenters. The summed E-state index contributed by atoms with van der Waals surface area (Å²) in [5.41, 5.74) is 0. The number of carboxylic acid groups (broad SMARTS) is 1. The average molecular weight is 242 g/mol. The zero-order valence-electron chi connectivity index (χ0n) is 10.6. The molecule has 0 heterocycles. The van der Waals surface area contributed by atoms with Crippen LogP contribution in [0.2, 0.25) is 0 Å². The number of aliphatic carboxylic acids is 1. The van der Waals surface area contributed by atoms with Crippen molar-refractivity contribution in [2.75, 3.05) is 6.61 Å². The summed E-state index contributed by atoms with van der Waals surface area (Å²) in [5, 5.41) is 8.69. The molecule has 0 aromatic carbocycles. The van der Waals surface area contributed by atoms with Crippen LogP contribution in [0.3, 0.4) is 0 Å². The van der Waals surface area contributed by atoms with Gasteiger partial charge in [-0.3, -0.25) is 9.59 Å². The first-order chi connectivity index (χ1) is 8.00. The largest absolute Gasteiger partial charge is 0.481 e. The van der Waals surface area contributed by atoms with Crippen LogP contribution in [0, 0.1) is 11.8 Å². The van der Waals surface area contributed by atoms with E-state index >= 15 is 0 Å². The minimum atomic E-state index is -0.800. The molecule has 1 saturated carbocycles. The second-order valence-electron chi connectivity index (χ2n) is 5.20. The summed E-state index contributed by atoms with van der Waals surface area (Å²) in [7, 11) is 0. The molecule has 1 fully saturated rings. The fourth-order valence-corrected chi connectivity index (χ4v) is 2.22. The zero-order valence-corrected chi connectivity index (χ0v) is 10.6. The van der Waals surface area contributed by atoms with Gasteiger partial charge in [-0.05, 0) is 31.1 Å². The predicted molar refractivity (Wildman–Crippen MR) is 63.8 cm³/mol. The fraction of sp³-hybridized carbons (Fsp3) is 0.846. The Labute approximate surface area is 102 Å². The molecular formula is C13H22O4. The van der Waals surface area contributed by atoms with Gasteiger partial charge < -0.3 is 9.84 Å². The molecule has 1 N–H and O–H groups in total. The van der Waals surface area contributed by atoms with Crippen LogP contribution in [-0.4, -0.2) is 29.6 Å². The molecule has 0 radical (unpaired) electrons. The number of hydrogen-bond donors (Lipinski definition) is 1. The molecule has 0 spiro atoms. The molecule has 0 aliphatic heterocycles. The topological polar surface area (TPSA) is 63.6 Å². The van der Waals surface area contributed by atoms with E-state index in [4.69, 9.17) is 9.84 Å². The van der Waals surface area contributed by atoms with Gasteiger partial charge >= 0.3 is 5.97 Å². The van der Waals surface area contributed by atoms with Crippen molar-refractivity contribution >= 4 is 11.8 Å². The first-order valence-corrected chi connectivity index (χ1v) is 6.36. The Hall–Kier alpha value is -0.900. The minimum Gasteiger partial charge on any atom is -0.481 e. The van der Waals surface area contributed by atoms with Crippen molar-refractivity contribution in [1.29, 1.82) is 0 Å². The van der Waals surface area contributed by atoms with Crippen LogP contribution in [0.4, 0.5) is 0 Å². The number of ketones is 1. The van der Waals surface area contributed by atoms with E-state index in [1.165, 1.54) is 0 Å². The van der Waals surface area contributed by atoms with Crippen LogP contribution in [0.5, 0.6) is 0 Å².